The van der Waals surface area contributed by atoms with E-state index in [0.717, 1.165) is 0 Å². The molecule has 0 aromatic heterocycles. The van der Waals surface area contributed by atoms with Gasteiger partial charge >= 0.3 is 0 Å². The average Bonchev–Trinajstić information content (AvgIpc) is 2.15. The Bertz CT molecular complexity index is 366. The number of nitrogens with zero attached hydrogens (tertiary/aromatic N) is 1. The predicted octanol–water partition coefficient (Wildman–Crippen LogP) is 3.17. The third-order valence-corrected chi connectivity index (χ3v) is 2.21. The van der Waals surface area contributed by atoms with E-state index in [2.05, 4.69) is 0 Å². The minimum Gasteiger partial charge on any atom is -0.374 e. The van der Waals surface area contributed by atoms with Gasteiger partial charge < -0.3 is 4.74 Å². The molecule has 1 rings (SSSR count). The molecule has 0 aliphatic rings. The minimum atomic E-state index is -0.453. The Labute approximate surface area is 93.0 Å². The first-order chi connectivity index (χ1) is 7.02. The van der Waals surface area contributed by atoms with Gasteiger partial charge in [0.2, 0.25) is 0 Å². The highest BCUT2D eigenvalue weighted by Gasteiger charge is 2.16. The molecule has 1 aromatic carbocycles. The lowest BCUT2D eigenvalue weighted by Crippen LogP contribution is -2.05. The van der Waals surface area contributed by atoms with Crippen molar-refractivity contribution < 1.29 is 9.66 Å². The van der Waals surface area contributed by atoms with Crippen molar-refractivity contribution in [2.75, 3.05) is 0 Å². The standard InChI is InChI=1S/C10H12ClNO3/c1-7(2)15-6-8-9(11)4-3-5-10(8)12(13)14/h3-5,7H,6H2,1-2H3. The third kappa shape index (κ3) is 3.18. The van der Waals surface area contributed by atoms with E-state index < -0.39 is 4.92 Å². The summed E-state index contributed by atoms with van der Waals surface area (Å²) in [6.07, 6.45) is 0.0147. The smallest absolute Gasteiger partial charge is 0.276 e. The van der Waals surface area contributed by atoms with Gasteiger partial charge in [0, 0.05) is 6.07 Å². The van der Waals surface area contributed by atoms with E-state index in [-0.39, 0.29) is 18.4 Å². The Kier molecular flexibility index (Phi) is 4.05. The number of nitro groups is 1. The molecule has 0 aliphatic carbocycles. The summed E-state index contributed by atoms with van der Waals surface area (Å²) in [5.41, 5.74) is 0.431. The van der Waals surface area contributed by atoms with Gasteiger partial charge in [0.25, 0.3) is 5.69 Å². The summed E-state index contributed by atoms with van der Waals surface area (Å²) >= 11 is 5.87. The van der Waals surface area contributed by atoms with Crippen LogP contribution in [-0.4, -0.2) is 11.0 Å². The molecule has 0 spiro atoms. The van der Waals surface area contributed by atoms with Crippen molar-refractivity contribution in [2.45, 2.75) is 26.6 Å². The van der Waals surface area contributed by atoms with Crippen LogP contribution in [0.3, 0.4) is 0 Å². The van der Waals surface area contributed by atoms with Gasteiger partial charge in [-0.15, -0.1) is 0 Å². The molecule has 0 bridgehead atoms. The fraction of sp³-hybridized carbons (Fsp3) is 0.400. The van der Waals surface area contributed by atoms with Gasteiger partial charge in [0.05, 0.1) is 28.2 Å². The second-order valence-corrected chi connectivity index (χ2v) is 3.76. The van der Waals surface area contributed by atoms with E-state index in [1.165, 1.54) is 6.07 Å². The van der Waals surface area contributed by atoms with Crippen molar-refractivity contribution in [1.29, 1.82) is 0 Å². The third-order valence-electron chi connectivity index (χ3n) is 1.85. The van der Waals surface area contributed by atoms with Crippen molar-refractivity contribution >= 4 is 17.3 Å². The summed E-state index contributed by atoms with van der Waals surface area (Å²) in [6, 6.07) is 4.60. The summed E-state index contributed by atoms with van der Waals surface area (Å²) in [5.74, 6) is 0. The van der Waals surface area contributed by atoms with Crippen LogP contribution in [0.15, 0.2) is 18.2 Å². The van der Waals surface area contributed by atoms with Gasteiger partial charge in [0.1, 0.15) is 0 Å². The van der Waals surface area contributed by atoms with Gasteiger partial charge in [-0.25, -0.2) is 0 Å². The lowest BCUT2D eigenvalue weighted by molar-refractivity contribution is -0.386. The van der Waals surface area contributed by atoms with Crippen LogP contribution in [0.25, 0.3) is 0 Å². The normalized spacial score (nSPS) is 10.7. The zero-order valence-corrected chi connectivity index (χ0v) is 9.32. The molecular formula is C10H12ClNO3. The molecule has 0 radical (unpaired) electrons. The number of halogens is 1. The highest BCUT2D eigenvalue weighted by molar-refractivity contribution is 6.31. The van der Waals surface area contributed by atoms with E-state index in [9.17, 15) is 10.1 Å². The summed E-state index contributed by atoms with van der Waals surface area (Å²) in [7, 11) is 0. The van der Waals surface area contributed by atoms with E-state index in [4.69, 9.17) is 16.3 Å². The Balaban J connectivity index is 2.97. The van der Waals surface area contributed by atoms with Crippen LogP contribution >= 0.6 is 11.6 Å². The van der Waals surface area contributed by atoms with Crippen molar-refractivity contribution in [3.63, 3.8) is 0 Å². The van der Waals surface area contributed by atoms with Crippen LogP contribution in [0.4, 0.5) is 5.69 Å². The largest absolute Gasteiger partial charge is 0.374 e. The van der Waals surface area contributed by atoms with Gasteiger partial charge in [-0.05, 0) is 19.9 Å². The van der Waals surface area contributed by atoms with Crippen molar-refractivity contribution in [1.82, 2.24) is 0 Å². The van der Waals surface area contributed by atoms with Crippen LogP contribution in [-0.2, 0) is 11.3 Å². The predicted molar refractivity (Wildman–Crippen MR) is 58.0 cm³/mol. The molecule has 4 nitrogen and oxygen atoms in total. The van der Waals surface area contributed by atoms with Crippen LogP contribution < -0.4 is 0 Å². The second-order valence-electron chi connectivity index (χ2n) is 3.35. The lowest BCUT2D eigenvalue weighted by Gasteiger charge is -2.09. The fourth-order valence-electron chi connectivity index (χ4n) is 1.11. The van der Waals surface area contributed by atoms with Gasteiger partial charge in [0.15, 0.2) is 0 Å². The van der Waals surface area contributed by atoms with E-state index in [0.29, 0.717) is 10.6 Å². The first kappa shape index (κ1) is 11.9. The maximum atomic E-state index is 10.7. The average molecular weight is 230 g/mol. The molecule has 1 aromatic rings. The number of hydrogen-bond donors (Lipinski definition) is 0. The van der Waals surface area contributed by atoms with E-state index in [1.54, 1.807) is 12.1 Å². The maximum absolute atomic E-state index is 10.7. The first-order valence-electron chi connectivity index (χ1n) is 4.55. The zero-order valence-electron chi connectivity index (χ0n) is 8.57. The second kappa shape index (κ2) is 5.09. The Morgan fingerprint density at radius 3 is 2.73 bits per heavy atom. The van der Waals surface area contributed by atoms with E-state index >= 15 is 0 Å². The molecule has 0 amide bonds. The lowest BCUT2D eigenvalue weighted by atomic mass is 10.2. The number of ether oxygens (including phenoxy) is 1. The Morgan fingerprint density at radius 2 is 2.20 bits per heavy atom. The summed E-state index contributed by atoms with van der Waals surface area (Å²) in [6.45, 7) is 3.89. The molecule has 0 saturated heterocycles. The van der Waals surface area contributed by atoms with Crippen molar-refractivity contribution in [2.24, 2.45) is 0 Å². The molecule has 15 heavy (non-hydrogen) atoms. The molecule has 0 unspecified atom stereocenters. The molecule has 82 valence electrons. The molecule has 5 heteroatoms. The fourth-order valence-corrected chi connectivity index (χ4v) is 1.34. The summed E-state index contributed by atoms with van der Waals surface area (Å²) in [5, 5.41) is 11.1. The summed E-state index contributed by atoms with van der Waals surface area (Å²) in [4.78, 5) is 10.3. The quantitative estimate of drug-likeness (QED) is 0.589. The SMILES string of the molecule is CC(C)OCc1c(Cl)cccc1[N+](=O)[O-]. The van der Waals surface area contributed by atoms with Crippen LogP contribution in [0.1, 0.15) is 19.4 Å². The number of benzene rings is 1. The van der Waals surface area contributed by atoms with Gasteiger partial charge in [-0.2, -0.15) is 0 Å². The molecule has 0 N–H and O–H groups in total. The molecule has 0 fully saturated rings. The molecule has 0 atom stereocenters. The monoisotopic (exact) mass is 229 g/mol. The summed E-state index contributed by atoms with van der Waals surface area (Å²) < 4.78 is 5.31. The van der Waals surface area contributed by atoms with Crippen molar-refractivity contribution in [3.05, 3.63) is 38.9 Å². The molecule has 0 aliphatic heterocycles. The Hall–Kier alpha value is -1.13. The topological polar surface area (TPSA) is 52.4 Å². The molecule has 0 saturated carbocycles. The van der Waals surface area contributed by atoms with E-state index in [1.807, 2.05) is 13.8 Å². The highest BCUT2D eigenvalue weighted by Crippen LogP contribution is 2.27. The first-order valence-corrected chi connectivity index (χ1v) is 4.93. The van der Waals surface area contributed by atoms with Crippen LogP contribution in [0, 0.1) is 10.1 Å². The highest BCUT2D eigenvalue weighted by atomic mass is 35.5. The number of nitro benzene ring substituents is 1. The molecule has 0 heterocycles. The van der Waals surface area contributed by atoms with Gasteiger partial charge in [-0.1, -0.05) is 17.7 Å². The number of rotatable bonds is 4. The minimum absolute atomic E-state index is 0.00292. The van der Waals surface area contributed by atoms with Crippen LogP contribution in [0.2, 0.25) is 5.02 Å². The zero-order chi connectivity index (χ0) is 11.4. The number of hydrogen-bond acceptors (Lipinski definition) is 3. The molecular weight excluding hydrogens is 218 g/mol. The van der Waals surface area contributed by atoms with Gasteiger partial charge in [-0.3, -0.25) is 10.1 Å². The maximum Gasteiger partial charge on any atom is 0.276 e. The Morgan fingerprint density at radius 1 is 1.53 bits per heavy atom. The van der Waals surface area contributed by atoms with Crippen molar-refractivity contribution in [3.8, 4) is 0 Å². The van der Waals surface area contributed by atoms with Crippen LogP contribution in [0.5, 0.6) is 0 Å².